The zero-order chi connectivity index (χ0) is 15.1. The number of hydrogen-bond donors (Lipinski definition) is 1. The summed E-state index contributed by atoms with van der Waals surface area (Å²) in [5.74, 6) is 6.27. The van der Waals surface area contributed by atoms with Crippen molar-refractivity contribution in [1.29, 1.82) is 0 Å². The molecule has 0 aliphatic heterocycles. The third-order valence-electron chi connectivity index (χ3n) is 2.76. The number of aryl methyl sites for hydroxylation is 1. The minimum absolute atomic E-state index is 0.00993. The van der Waals surface area contributed by atoms with Crippen LogP contribution in [0.15, 0.2) is 24.5 Å². The van der Waals surface area contributed by atoms with Crippen molar-refractivity contribution in [2.45, 2.75) is 26.5 Å². The first-order valence-electron chi connectivity index (χ1n) is 6.63. The molecule has 0 fully saturated rings. The van der Waals surface area contributed by atoms with Crippen molar-refractivity contribution in [3.05, 3.63) is 41.7 Å². The normalized spacial score (nSPS) is 10.0. The number of aromatic nitrogens is 3. The van der Waals surface area contributed by atoms with Crippen molar-refractivity contribution < 1.29 is 14.2 Å². The first kappa shape index (κ1) is 15.0. The van der Waals surface area contributed by atoms with E-state index >= 15 is 0 Å². The van der Waals surface area contributed by atoms with Crippen LogP contribution in [0.1, 0.15) is 24.7 Å². The Morgan fingerprint density at radius 3 is 3.05 bits per heavy atom. The minimum atomic E-state index is -0.394. The SMILES string of the molecule is CCn1ncnc1COc1cc(F)ccc1C#CCCO. The summed E-state index contributed by atoms with van der Waals surface area (Å²) < 4.78 is 20.7. The number of halogens is 1. The highest BCUT2D eigenvalue weighted by molar-refractivity contribution is 5.46. The largest absolute Gasteiger partial charge is 0.484 e. The van der Waals surface area contributed by atoms with Gasteiger partial charge < -0.3 is 9.84 Å². The summed E-state index contributed by atoms with van der Waals surface area (Å²) in [4.78, 5) is 4.09. The number of ether oxygens (including phenoxy) is 1. The Kier molecular flexibility index (Phi) is 5.29. The van der Waals surface area contributed by atoms with Gasteiger partial charge in [-0.2, -0.15) is 5.10 Å². The van der Waals surface area contributed by atoms with Crippen LogP contribution in [-0.2, 0) is 13.2 Å². The molecule has 0 aliphatic carbocycles. The molecule has 5 nitrogen and oxygen atoms in total. The Labute approximate surface area is 122 Å². The summed E-state index contributed by atoms with van der Waals surface area (Å²) in [7, 11) is 0. The Bertz CT molecular complexity index is 658. The number of nitrogens with zero attached hydrogens (tertiary/aromatic N) is 3. The predicted octanol–water partition coefficient (Wildman–Crippen LogP) is 1.75. The van der Waals surface area contributed by atoms with Crippen LogP contribution in [0.3, 0.4) is 0 Å². The molecule has 0 atom stereocenters. The van der Waals surface area contributed by atoms with Crippen LogP contribution in [0.2, 0.25) is 0 Å². The van der Waals surface area contributed by atoms with E-state index < -0.39 is 5.82 Å². The molecule has 110 valence electrons. The third kappa shape index (κ3) is 4.04. The quantitative estimate of drug-likeness (QED) is 0.852. The first-order chi connectivity index (χ1) is 10.2. The molecule has 6 heteroatoms. The molecule has 1 aromatic carbocycles. The lowest BCUT2D eigenvalue weighted by Gasteiger charge is -2.08. The monoisotopic (exact) mass is 289 g/mol. The lowest BCUT2D eigenvalue weighted by Crippen LogP contribution is -2.07. The molecule has 0 spiro atoms. The third-order valence-corrected chi connectivity index (χ3v) is 2.76. The van der Waals surface area contributed by atoms with Gasteiger partial charge >= 0.3 is 0 Å². The van der Waals surface area contributed by atoms with Gasteiger partial charge in [-0.15, -0.1) is 0 Å². The van der Waals surface area contributed by atoms with Gasteiger partial charge in [-0.25, -0.2) is 14.1 Å². The molecule has 0 unspecified atom stereocenters. The summed E-state index contributed by atoms with van der Waals surface area (Å²) in [5, 5.41) is 12.8. The van der Waals surface area contributed by atoms with E-state index in [0.717, 1.165) is 0 Å². The predicted molar refractivity (Wildman–Crippen MR) is 75.0 cm³/mol. The van der Waals surface area contributed by atoms with E-state index in [-0.39, 0.29) is 13.2 Å². The fraction of sp³-hybridized carbons (Fsp3) is 0.333. The molecule has 1 N–H and O–H groups in total. The van der Waals surface area contributed by atoms with Crippen LogP contribution in [0.5, 0.6) is 5.75 Å². The first-order valence-corrected chi connectivity index (χ1v) is 6.63. The van der Waals surface area contributed by atoms with Gasteiger partial charge in [0.1, 0.15) is 24.5 Å². The van der Waals surface area contributed by atoms with Gasteiger partial charge in [0.2, 0.25) is 0 Å². The van der Waals surface area contributed by atoms with Gasteiger partial charge in [-0.1, -0.05) is 11.8 Å². The van der Waals surface area contributed by atoms with Crippen LogP contribution < -0.4 is 4.74 Å². The molecule has 1 heterocycles. The molecule has 2 aromatic rings. The fourth-order valence-electron chi connectivity index (χ4n) is 1.74. The van der Waals surface area contributed by atoms with E-state index in [1.165, 1.54) is 18.5 Å². The van der Waals surface area contributed by atoms with Gasteiger partial charge in [-0.05, 0) is 19.1 Å². The van der Waals surface area contributed by atoms with Crippen LogP contribution in [0, 0.1) is 17.7 Å². The minimum Gasteiger partial charge on any atom is -0.484 e. The molecular weight excluding hydrogens is 273 g/mol. The molecular formula is C15H16FN3O2. The second-order valence-electron chi connectivity index (χ2n) is 4.20. The van der Waals surface area contributed by atoms with Crippen LogP contribution in [0.4, 0.5) is 4.39 Å². The van der Waals surface area contributed by atoms with Crippen LogP contribution in [-0.4, -0.2) is 26.5 Å². The Morgan fingerprint density at radius 2 is 2.29 bits per heavy atom. The molecule has 1 aromatic heterocycles. The number of hydrogen-bond acceptors (Lipinski definition) is 4. The Balaban J connectivity index is 2.15. The highest BCUT2D eigenvalue weighted by Gasteiger charge is 2.07. The number of aliphatic hydroxyl groups is 1. The van der Waals surface area contributed by atoms with Crippen molar-refractivity contribution in [2.24, 2.45) is 0 Å². The van der Waals surface area contributed by atoms with Crippen LogP contribution in [0.25, 0.3) is 0 Å². The lowest BCUT2D eigenvalue weighted by atomic mass is 10.2. The maximum Gasteiger partial charge on any atom is 0.164 e. The number of benzene rings is 1. The highest BCUT2D eigenvalue weighted by atomic mass is 19.1. The molecule has 0 bridgehead atoms. The van der Waals surface area contributed by atoms with Gasteiger partial charge in [0.05, 0.1) is 12.2 Å². The maximum absolute atomic E-state index is 13.3. The van der Waals surface area contributed by atoms with E-state index in [1.807, 2.05) is 6.92 Å². The molecule has 0 amide bonds. The molecule has 0 aliphatic rings. The molecule has 2 rings (SSSR count). The molecule has 0 saturated heterocycles. The van der Waals surface area contributed by atoms with E-state index in [0.29, 0.717) is 30.1 Å². The van der Waals surface area contributed by atoms with Gasteiger partial charge in [0.15, 0.2) is 5.82 Å². The Hall–Kier alpha value is -2.39. The van der Waals surface area contributed by atoms with Gasteiger partial charge in [0, 0.05) is 19.0 Å². The van der Waals surface area contributed by atoms with Crippen molar-refractivity contribution in [2.75, 3.05) is 6.61 Å². The van der Waals surface area contributed by atoms with Crippen molar-refractivity contribution >= 4 is 0 Å². The second kappa shape index (κ2) is 7.41. The van der Waals surface area contributed by atoms with E-state index in [1.54, 1.807) is 10.7 Å². The average molecular weight is 289 g/mol. The van der Waals surface area contributed by atoms with Crippen molar-refractivity contribution in [3.8, 4) is 17.6 Å². The molecule has 0 saturated carbocycles. The van der Waals surface area contributed by atoms with Crippen LogP contribution >= 0.6 is 0 Å². The standard InChI is InChI=1S/C15H16FN3O2/c1-2-19-15(17-11-18-19)10-21-14-9-13(16)7-6-12(14)5-3-4-8-20/h6-7,9,11,20H,2,4,8,10H2,1H3. The fourth-order valence-corrected chi connectivity index (χ4v) is 1.74. The van der Waals surface area contributed by atoms with E-state index in [9.17, 15) is 4.39 Å². The summed E-state index contributed by atoms with van der Waals surface area (Å²) in [6.07, 6.45) is 1.82. The highest BCUT2D eigenvalue weighted by Crippen LogP contribution is 2.20. The topological polar surface area (TPSA) is 60.2 Å². The summed E-state index contributed by atoms with van der Waals surface area (Å²) >= 11 is 0. The second-order valence-corrected chi connectivity index (χ2v) is 4.20. The summed E-state index contributed by atoms with van der Waals surface area (Å²) in [6.45, 7) is 2.81. The van der Waals surface area contributed by atoms with E-state index in [4.69, 9.17) is 9.84 Å². The average Bonchev–Trinajstić information content (AvgIpc) is 2.94. The van der Waals surface area contributed by atoms with Crippen molar-refractivity contribution in [1.82, 2.24) is 14.8 Å². The zero-order valence-electron chi connectivity index (χ0n) is 11.7. The van der Waals surface area contributed by atoms with Crippen molar-refractivity contribution in [3.63, 3.8) is 0 Å². The summed E-state index contributed by atoms with van der Waals surface area (Å²) in [5.41, 5.74) is 0.576. The maximum atomic E-state index is 13.3. The Morgan fingerprint density at radius 1 is 1.43 bits per heavy atom. The molecule has 21 heavy (non-hydrogen) atoms. The lowest BCUT2D eigenvalue weighted by molar-refractivity contribution is 0.285. The van der Waals surface area contributed by atoms with E-state index in [2.05, 4.69) is 21.9 Å². The number of rotatable bonds is 5. The smallest absolute Gasteiger partial charge is 0.164 e. The zero-order valence-corrected chi connectivity index (χ0v) is 11.7. The summed E-state index contributed by atoms with van der Waals surface area (Å²) in [6, 6.07) is 4.17. The van der Waals surface area contributed by atoms with Gasteiger partial charge in [-0.3, -0.25) is 0 Å². The number of aliphatic hydroxyl groups excluding tert-OH is 1. The van der Waals surface area contributed by atoms with Gasteiger partial charge in [0.25, 0.3) is 0 Å². The molecule has 0 radical (unpaired) electrons.